The third-order valence-electron chi connectivity index (χ3n) is 2.15. The van der Waals surface area contributed by atoms with Gasteiger partial charge in [0.15, 0.2) is 0 Å². The molecule has 0 aromatic heterocycles. The lowest BCUT2D eigenvalue weighted by Crippen LogP contribution is -2.38. The van der Waals surface area contributed by atoms with Gasteiger partial charge in [0.1, 0.15) is 0 Å². The summed E-state index contributed by atoms with van der Waals surface area (Å²) in [5.74, 6) is 7.74. The van der Waals surface area contributed by atoms with Crippen LogP contribution < -0.4 is 11.3 Å². The minimum Gasteiger partial charge on any atom is -0.271 e. The lowest BCUT2D eigenvalue weighted by molar-refractivity contribution is 0.575. The van der Waals surface area contributed by atoms with Crippen LogP contribution in [-0.2, 0) is 6.42 Å². The first-order valence-electron chi connectivity index (χ1n) is 5.04. The molecule has 1 rings (SSSR count). The van der Waals surface area contributed by atoms with E-state index < -0.39 is 0 Å². The van der Waals surface area contributed by atoms with E-state index in [1.165, 1.54) is 9.13 Å². The van der Waals surface area contributed by atoms with E-state index in [0.29, 0.717) is 6.04 Å². The van der Waals surface area contributed by atoms with Crippen molar-refractivity contribution in [2.75, 3.05) is 11.5 Å². The second-order valence-electron chi connectivity index (χ2n) is 3.35. The highest BCUT2D eigenvalue weighted by atomic mass is 127. The van der Waals surface area contributed by atoms with Crippen molar-refractivity contribution in [1.29, 1.82) is 0 Å². The van der Waals surface area contributed by atoms with Crippen LogP contribution in [0, 0.1) is 3.57 Å². The lowest BCUT2D eigenvalue weighted by Gasteiger charge is -2.15. The Morgan fingerprint density at radius 2 is 2.07 bits per heavy atom. The molecule has 0 saturated heterocycles. The fourth-order valence-corrected chi connectivity index (χ4v) is 2.42. The molecular weight excluding hydrogens is 319 g/mol. The number of benzene rings is 1. The summed E-state index contributed by atoms with van der Waals surface area (Å²) in [4.78, 5) is 0. The highest BCUT2D eigenvalue weighted by Gasteiger charge is 2.06. The molecule has 2 nitrogen and oxygen atoms in total. The standard InChI is InChI=1S/C11H17IN2S/c1-2-15-8-11(14-13)7-9-3-5-10(12)6-4-9/h3-6,11,14H,2,7-8,13H2,1H3. The van der Waals surface area contributed by atoms with Gasteiger partial charge in [0, 0.05) is 15.4 Å². The van der Waals surface area contributed by atoms with Crippen LogP contribution in [0.2, 0.25) is 0 Å². The summed E-state index contributed by atoms with van der Waals surface area (Å²) >= 11 is 4.24. The molecule has 0 fully saturated rings. The second kappa shape index (κ2) is 7.49. The zero-order chi connectivity index (χ0) is 11.1. The van der Waals surface area contributed by atoms with E-state index >= 15 is 0 Å². The minimum absolute atomic E-state index is 0.370. The first-order valence-corrected chi connectivity index (χ1v) is 7.28. The third kappa shape index (κ3) is 5.19. The Labute approximate surface area is 110 Å². The van der Waals surface area contributed by atoms with E-state index in [0.717, 1.165) is 17.9 Å². The highest BCUT2D eigenvalue weighted by molar-refractivity contribution is 14.1. The molecule has 1 aromatic carbocycles. The van der Waals surface area contributed by atoms with Gasteiger partial charge < -0.3 is 0 Å². The summed E-state index contributed by atoms with van der Waals surface area (Å²) in [6.07, 6.45) is 1.00. The van der Waals surface area contributed by atoms with Crippen LogP contribution in [0.1, 0.15) is 12.5 Å². The largest absolute Gasteiger partial charge is 0.271 e. The zero-order valence-corrected chi connectivity index (χ0v) is 11.8. The third-order valence-corrected chi connectivity index (χ3v) is 3.92. The van der Waals surface area contributed by atoms with Crippen molar-refractivity contribution in [2.24, 2.45) is 5.84 Å². The Hall–Kier alpha value is 0.220. The lowest BCUT2D eigenvalue weighted by atomic mass is 10.1. The molecule has 1 unspecified atom stereocenters. The summed E-state index contributed by atoms with van der Waals surface area (Å²) in [6, 6.07) is 8.98. The Morgan fingerprint density at radius 1 is 1.40 bits per heavy atom. The molecule has 4 heteroatoms. The predicted molar refractivity (Wildman–Crippen MR) is 77.0 cm³/mol. The van der Waals surface area contributed by atoms with Crippen LogP contribution in [0.4, 0.5) is 0 Å². The first-order chi connectivity index (χ1) is 7.26. The molecule has 0 saturated carbocycles. The van der Waals surface area contributed by atoms with Crippen LogP contribution in [0.25, 0.3) is 0 Å². The summed E-state index contributed by atoms with van der Waals surface area (Å²) in [7, 11) is 0. The van der Waals surface area contributed by atoms with Crippen molar-refractivity contribution in [2.45, 2.75) is 19.4 Å². The quantitative estimate of drug-likeness (QED) is 0.476. The number of hydrogen-bond acceptors (Lipinski definition) is 3. The Morgan fingerprint density at radius 3 is 2.60 bits per heavy atom. The van der Waals surface area contributed by atoms with Gasteiger partial charge in [-0.1, -0.05) is 19.1 Å². The minimum atomic E-state index is 0.370. The molecule has 0 aliphatic carbocycles. The molecular formula is C11H17IN2S. The molecule has 15 heavy (non-hydrogen) atoms. The molecule has 84 valence electrons. The summed E-state index contributed by atoms with van der Waals surface area (Å²) in [6.45, 7) is 2.17. The molecule has 1 aromatic rings. The summed E-state index contributed by atoms with van der Waals surface area (Å²) < 4.78 is 1.27. The average Bonchev–Trinajstić information content (AvgIpc) is 2.27. The van der Waals surface area contributed by atoms with E-state index in [9.17, 15) is 0 Å². The van der Waals surface area contributed by atoms with Crippen LogP contribution in [-0.4, -0.2) is 17.5 Å². The van der Waals surface area contributed by atoms with E-state index in [-0.39, 0.29) is 0 Å². The van der Waals surface area contributed by atoms with Crippen molar-refractivity contribution in [3.8, 4) is 0 Å². The number of nitrogens with one attached hydrogen (secondary N) is 1. The van der Waals surface area contributed by atoms with Gasteiger partial charge in [0.2, 0.25) is 0 Å². The normalized spacial score (nSPS) is 12.7. The van der Waals surface area contributed by atoms with Crippen LogP contribution in [0.5, 0.6) is 0 Å². The van der Waals surface area contributed by atoms with E-state index in [2.05, 4.69) is 59.2 Å². The van der Waals surface area contributed by atoms with Crippen molar-refractivity contribution in [3.05, 3.63) is 33.4 Å². The van der Waals surface area contributed by atoms with Crippen molar-refractivity contribution < 1.29 is 0 Å². The molecule has 0 spiro atoms. The van der Waals surface area contributed by atoms with Gasteiger partial charge in [0.05, 0.1) is 0 Å². The van der Waals surface area contributed by atoms with Gasteiger partial charge in [-0.25, -0.2) is 0 Å². The number of halogens is 1. The molecule has 0 aliphatic rings. The SMILES string of the molecule is CCSCC(Cc1ccc(I)cc1)NN. The summed E-state index contributed by atoms with van der Waals surface area (Å²) in [5.41, 5.74) is 4.22. The van der Waals surface area contributed by atoms with Crippen LogP contribution in [0.15, 0.2) is 24.3 Å². The van der Waals surface area contributed by atoms with E-state index in [1.807, 2.05) is 11.8 Å². The predicted octanol–water partition coefficient (Wildman–Crippen LogP) is 2.42. The molecule has 0 aliphatic heterocycles. The number of hydrogen-bond donors (Lipinski definition) is 2. The smallest absolute Gasteiger partial charge is 0.0341 e. The van der Waals surface area contributed by atoms with Gasteiger partial charge in [-0.15, -0.1) is 0 Å². The Balaban J connectivity index is 2.47. The topological polar surface area (TPSA) is 38.0 Å². The monoisotopic (exact) mass is 336 g/mol. The van der Waals surface area contributed by atoms with E-state index in [1.54, 1.807) is 0 Å². The highest BCUT2D eigenvalue weighted by Crippen LogP contribution is 2.11. The van der Waals surface area contributed by atoms with Gasteiger partial charge in [-0.3, -0.25) is 11.3 Å². The maximum atomic E-state index is 5.53. The molecule has 1 atom stereocenters. The molecule has 3 N–H and O–H groups in total. The van der Waals surface area contributed by atoms with Gasteiger partial charge in [0.25, 0.3) is 0 Å². The Bertz CT molecular complexity index is 276. The number of thioether (sulfide) groups is 1. The maximum absolute atomic E-state index is 5.53. The fourth-order valence-electron chi connectivity index (χ4n) is 1.33. The molecule has 0 amide bonds. The molecule has 0 bridgehead atoms. The Kier molecular flexibility index (Phi) is 6.63. The van der Waals surface area contributed by atoms with Crippen LogP contribution >= 0.6 is 34.4 Å². The second-order valence-corrected chi connectivity index (χ2v) is 5.92. The summed E-state index contributed by atoms with van der Waals surface area (Å²) in [5, 5.41) is 0. The van der Waals surface area contributed by atoms with Gasteiger partial charge in [-0.05, 0) is 52.5 Å². The van der Waals surface area contributed by atoms with Crippen LogP contribution in [0.3, 0.4) is 0 Å². The number of hydrazine groups is 1. The van der Waals surface area contributed by atoms with Gasteiger partial charge >= 0.3 is 0 Å². The zero-order valence-electron chi connectivity index (χ0n) is 8.87. The molecule has 0 heterocycles. The fraction of sp³-hybridized carbons (Fsp3) is 0.455. The van der Waals surface area contributed by atoms with E-state index in [4.69, 9.17) is 5.84 Å². The van der Waals surface area contributed by atoms with Gasteiger partial charge in [-0.2, -0.15) is 11.8 Å². The first kappa shape index (κ1) is 13.3. The average molecular weight is 336 g/mol. The number of rotatable bonds is 6. The molecule has 0 radical (unpaired) electrons. The number of nitrogens with two attached hydrogens (primary N) is 1. The van der Waals surface area contributed by atoms with Crippen molar-refractivity contribution in [3.63, 3.8) is 0 Å². The maximum Gasteiger partial charge on any atom is 0.0341 e. The van der Waals surface area contributed by atoms with Crippen molar-refractivity contribution >= 4 is 34.4 Å². The van der Waals surface area contributed by atoms with Crippen molar-refractivity contribution in [1.82, 2.24) is 5.43 Å².